The number of ketones is 2. The molecule has 0 radical (unpaired) electrons. The molecule has 0 aliphatic heterocycles. The van der Waals surface area contributed by atoms with Gasteiger partial charge in [-0.2, -0.15) is 0 Å². The first-order valence-electron chi connectivity index (χ1n) is 10.1. The van der Waals surface area contributed by atoms with Crippen LogP contribution < -0.4 is 9.47 Å². The average molecular weight is 406 g/mol. The lowest BCUT2D eigenvalue weighted by molar-refractivity contribution is -0.132. The van der Waals surface area contributed by atoms with Crippen molar-refractivity contribution in [1.82, 2.24) is 0 Å². The van der Waals surface area contributed by atoms with E-state index in [0.29, 0.717) is 11.1 Å². The molecule has 0 amide bonds. The van der Waals surface area contributed by atoms with Crippen LogP contribution in [0, 0.1) is 5.92 Å². The van der Waals surface area contributed by atoms with Gasteiger partial charge in [0.25, 0.3) is 0 Å². The molecule has 1 saturated carbocycles. The Labute approximate surface area is 174 Å². The highest BCUT2D eigenvalue weighted by Crippen LogP contribution is 2.46. The lowest BCUT2D eigenvalue weighted by Gasteiger charge is -2.30. The van der Waals surface area contributed by atoms with Crippen LogP contribution in [0.5, 0.6) is 11.5 Å². The van der Waals surface area contributed by atoms with Crippen LogP contribution in [0.25, 0.3) is 0 Å². The molecule has 2 aliphatic carbocycles. The lowest BCUT2D eigenvalue weighted by atomic mass is 9.72. The van der Waals surface area contributed by atoms with Gasteiger partial charge in [-0.25, -0.2) is 0 Å². The van der Waals surface area contributed by atoms with E-state index in [1.165, 1.54) is 26.0 Å². The number of hydrogen-bond donors (Lipinski definition) is 0. The smallest absolute Gasteiger partial charge is 0.308 e. The van der Waals surface area contributed by atoms with E-state index in [1.54, 1.807) is 24.3 Å². The second-order valence-electron chi connectivity index (χ2n) is 7.77. The maximum Gasteiger partial charge on any atom is 0.308 e. The Hall–Kier alpha value is -3.28. The van der Waals surface area contributed by atoms with Gasteiger partial charge in [0.2, 0.25) is 5.78 Å². The minimum Gasteiger partial charge on any atom is -0.426 e. The summed E-state index contributed by atoms with van der Waals surface area (Å²) in [5.41, 5.74) is 1.42. The van der Waals surface area contributed by atoms with Crippen molar-refractivity contribution in [3.8, 4) is 11.5 Å². The maximum atomic E-state index is 13.6. The molecule has 0 unspecified atom stereocenters. The summed E-state index contributed by atoms with van der Waals surface area (Å²) in [6.07, 6.45) is 3.65. The molecule has 0 saturated heterocycles. The van der Waals surface area contributed by atoms with Gasteiger partial charge in [-0.3, -0.25) is 19.2 Å². The molecule has 0 atom stereocenters. The van der Waals surface area contributed by atoms with Crippen molar-refractivity contribution in [2.24, 2.45) is 5.92 Å². The predicted molar refractivity (Wildman–Crippen MR) is 108 cm³/mol. The van der Waals surface area contributed by atoms with Crippen molar-refractivity contribution in [3.05, 3.63) is 58.7 Å². The quantitative estimate of drug-likeness (QED) is 0.564. The summed E-state index contributed by atoms with van der Waals surface area (Å²) in [6, 6.07) is 9.90. The maximum absolute atomic E-state index is 13.6. The number of esters is 2. The first kappa shape index (κ1) is 20.0. The SMILES string of the molecule is CC(=O)Oc1cccc2c1C(=O)c1c(OC(C)=O)cccc1C2C(=O)C1CCCC1. The summed E-state index contributed by atoms with van der Waals surface area (Å²) in [6.45, 7) is 2.51. The number of hydrogen-bond acceptors (Lipinski definition) is 6. The lowest BCUT2D eigenvalue weighted by Crippen LogP contribution is -2.29. The van der Waals surface area contributed by atoms with E-state index in [4.69, 9.17) is 9.47 Å². The summed E-state index contributed by atoms with van der Waals surface area (Å²) >= 11 is 0. The first-order valence-corrected chi connectivity index (χ1v) is 10.1. The van der Waals surface area contributed by atoms with E-state index in [0.717, 1.165) is 25.7 Å². The van der Waals surface area contributed by atoms with Gasteiger partial charge in [0.15, 0.2) is 0 Å². The molecular formula is C24H22O6. The Morgan fingerprint density at radius 3 is 1.70 bits per heavy atom. The van der Waals surface area contributed by atoms with Gasteiger partial charge >= 0.3 is 11.9 Å². The fraction of sp³-hybridized carbons (Fsp3) is 0.333. The third kappa shape index (κ3) is 3.43. The minimum atomic E-state index is -0.679. The fourth-order valence-electron chi connectivity index (χ4n) is 4.59. The summed E-state index contributed by atoms with van der Waals surface area (Å²) < 4.78 is 10.6. The number of carbonyl (C=O) groups excluding carboxylic acids is 4. The van der Waals surface area contributed by atoms with Gasteiger partial charge in [0.1, 0.15) is 17.3 Å². The van der Waals surface area contributed by atoms with Crippen molar-refractivity contribution in [2.45, 2.75) is 45.4 Å². The molecule has 154 valence electrons. The molecule has 0 aromatic heterocycles. The molecule has 0 heterocycles. The van der Waals surface area contributed by atoms with Crippen molar-refractivity contribution < 1.29 is 28.7 Å². The number of fused-ring (bicyclic) bond motifs is 2. The second-order valence-corrected chi connectivity index (χ2v) is 7.77. The van der Waals surface area contributed by atoms with E-state index in [9.17, 15) is 19.2 Å². The van der Waals surface area contributed by atoms with E-state index >= 15 is 0 Å². The molecule has 2 aromatic carbocycles. The number of carbonyl (C=O) groups is 4. The van der Waals surface area contributed by atoms with Gasteiger partial charge in [-0.05, 0) is 36.1 Å². The predicted octanol–water partition coefficient (Wildman–Crippen LogP) is 3.97. The third-order valence-corrected chi connectivity index (χ3v) is 5.74. The van der Waals surface area contributed by atoms with Crippen molar-refractivity contribution in [3.63, 3.8) is 0 Å². The highest BCUT2D eigenvalue weighted by atomic mass is 16.5. The van der Waals surface area contributed by atoms with E-state index < -0.39 is 23.6 Å². The van der Waals surface area contributed by atoms with Gasteiger partial charge in [-0.15, -0.1) is 0 Å². The van der Waals surface area contributed by atoms with Gasteiger partial charge in [0, 0.05) is 19.8 Å². The van der Waals surface area contributed by atoms with Gasteiger partial charge in [0.05, 0.1) is 17.0 Å². The topological polar surface area (TPSA) is 86.7 Å². The molecule has 2 aromatic rings. The Kier molecular flexibility index (Phi) is 5.24. The molecule has 2 aliphatic rings. The van der Waals surface area contributed by atoms with Crippen LogP contribution in [0.1, 0.15) is 72.5 Å². The summed E-state index contributed by atoms with van der Waals surface area (Å²) in [5.74, 6) is -2.05. The largest absolute Gasteiger partial charge is 0.426 e. The zero-order valence-corrected chi connectivity index (χ0v) is 16.9. The molecule has 0 bridgehead atoms. The van der Waals surface area contributed by atoms with E-state index in [-0.39, 0.29) is 34.3 Å². The van der Waals surface area contributed by atoms with Crippen molar-refractivity contribution in [1.29, 1.82) is 0 Å². The number of rotatable bonds is 4. The third-order valence-electron chi connectivity index (χ3n) is 5.74. The van der Waals surface area contributed by atoms with Crippen molar-refractivity contribution >= 4 is 23.5 Å². The standard InChI is InChI=1S/C24H22O6/c1-13(25)29-18-11-5-9-16-20(23(27)15-7-3-4-8-15)17-10-6-12-19(30-14(2)26)22(17)24(28)21(16)18/h5-6,9-12,15,20H,3-4,7-8H2,1-2H3. The number of ether oxygens (including phenoxy) is 2. The van der Waals surface area contributed by atoms with Crippen molar-refractivity contribution in [2.75, 3.05) is 0 Å². The van der Waals surface area contributed by atoms with Crippen LogP contribution in [0.3, 0.4) is 0 Å². The second kappa shape index (κ2) is 7.86. The first-order chi connectivity index (χ1) is 14.4. The van der Waals surface area contributed by atoms with E-state index in [2.05, 4.69) is 0 Å². The summed E-state index contributed by atoms with van der Waals surface area (Å²) in [5, 5.41) is 0. The average Bonchev–Trinajstić information content (AvgIpc) is 3.22. The van der Waals surface area contributed by atoms with Crippen LogP contribution >= 0.6 is 0 Å². The Morgan fingerprint density at radius 2 is 1.27 bits per heavy atom. The van der Waals surface area contributed by atoms with Crippen LogP contribution in [0.15, 0.2) is 36.4 Å². The summed E-state index contributed by atoms with van der Waals surface area (Å²) in [7, 11) is 0. The highest BCUT2D eigenvalue weighted by molar-refractivity contribution is 6.18. The Morgan fingerprint density at radius 1 is 0.800 bits per heavy atom. The molecule has 1 fully saturated rings. The number of benzene rings is 2. The molecule has 6 heteroatoms. The molecule has 4 rings (SSSR count). The minimum absolute atomic E-state index is 0.0439. The highest BCUT2D eigenvalue weighted by Gasteiger charge is 2.41. The molecule has 6 nitrogen and oxygen atoms in total. The molecule has 30 heavy (non-hydrogen) atoms. The zero-order valence-electron chi connectivity index (χ0n) is 16.9. The molecule has 0 N–H and O–H groups in total. The molecular weight excluding hydrogens is 384 g/mol. The summed E-state index contributed by atoms with van der Waals surface area (Å²) in [4.78, 5) is 50.3. The Balaban J connectivity index is 1.95. The molecule has 0 spiro atoms. The fourth-order valence-corrected chi connectivity index (χ4v) is 4.59. The normalized spacial score (nSPS) is 16.0. The van der Waals surface area contributed by atoms with Crippen LogP contribution in [0.4, 0.5) is 0 Å². The number of Topliss-reactive ketones (excluding diaryl/α,β-unsaturated/α-hetero) is 1. The Bertz CT molecular complexity index is 992. The van der Waals surface area contributed by atoms with E-state index in [1.807, 2.05) is 0 Å². The van der Waals surface area contributed by atoms with Crippen LogP contribution in [-0.4, -0.2) is 23.5 Å². The van der Waals surface area contributed by atoms with Crippen LogP contribution in [-0.2, 0) is 14.4 Å². The van der Waals surface area contributed by atoms with Crippen LogP contribution in [0.2, 0.25) is 0 Å². The van der Waals surface area contributed by atoms with Gasteiger partial charge in [-0.1, -0.05) is 37.1 Å². The van der Waals surface area contributed by atoms with Gasteiger partial charge < -0.3 is 9.47 Å². The zero-order chi connectivity index (χ0) is 21.4. The monoisotopic (exact) mass is 406 g/mol.